The van der Waals surface area contributed by atoms with E-state index in [1.807, 2.05) is 30.3 Å². The summed E-state index contributed by atoms with van der Waals surface area (Å²) in [5.41, 5.74) is 0.939. The second-order valence-electron chi connectivity index (χ2n) is 2.42. The summed E-state index contributed by atoms with van der Waals surface area (Å²) in [5, 5.41) is 0. The molecule has 0 amide bonds. The normalized spacial score (nSPS) is 10.1. The third-order valence-corrected chi connectivity index (χ3v) is 3.97. The van der Waals surface area contributed by atoms with Crippen LogP contribution in [0.15, 0.2) is 43.2 Å². The molecule has 6 heteroatoms. The van der Waals surface area contributed by atoms with Gasteiger partial charge in [-0.25, -0.2) is 0 Å². The standard InChI is InChI=1S/C9H10O3S2.Na/c1-2-12-14(10,11)13-8-9-6-4-3-5-7-9;/h2-7H,1,8H2;/q;+1. The van der Waals surface area contributed by atoms with Crippen molar-refractivity contribution in [3.63, 3.8) is 0 Å². The Labute approximate surface area is 116 Å². The molecule has 0 heterocycles. The van der Waals surface area contributed by atoms with Crippen molar-refractivity contribution in [2.45, 2.75) is 5.75 Å². The van der Waals surface area contributed by atoms with Gasteiger partial charge >= 0.3 is 38.7 Å². The van der Waals surface area contributed by atoms with E-state index < -0.39 is 9.15 Å². The zero-order valence-corrected chi connectivity index (χ0v) is 12.1. The van der Waals surface area contributed by atoms with Crippen molar-refractivity contribution >= 4 is 19.9 Å². The number of benzene rings is 1. The van der Waals surface area contributed by atoms with Crippen molar-refractivity contribution < 1.29 is 42.2 Å². The van der Waals surface area contributed by atoms with Crippen LogP contribution in [-0.4, -0.2) is 8.42 Å². The first-order chi connectivity index (χ1) is 6.64. The quantitative estimate of drug-likeness (QED) is 0.396. The zero-order valence-electron chi connectivity index (χ0n) is 8.42. The molecule has 0 saturated heterocycles. The van der Waals surface area contributed by atoms with Crippen LogP contribution in [-0.2, 0) is 19.1 Å². The fraction of sp³-hybridized carbons (Fsp3) is 0.111. The van der Waals surface area contributed by atoms with Gasteiger partial charge in [-0.3, -0.25) is 0 Å². The molecule has 1 aromatic rings. The molecule has 0 aliphatic rings. The zero-order chi connectivity index (χ0) is 10.4. The molecule has 76 valence electrons. The predicted molar refractivity (Wildman–Crippen MR) is 57.9 cm³/mol. The maximum absolute atomic E-state index is 11.1. The number of rotatable bonds is 5. The molecule has 0 unspecified atom stereocenters. The fourth-order valence-corrected chi connectivity index (χ4v) is 2.70. The number of hydrogen-bond acceptors (Lipinski definition) is 4. The van der Waals surface area contributed by atoms with E-state index in [9.17, 15) is 8.42 Å². The van der Waals surface area contributed by atoms with Gasteiger partial charge in [-0.15, -0.1) is 0 Å². The summed E-state index contributed by atoms with van der Waals surface area (Å²) < 4.78 is 26.5. The van der Waals surface area contributed by atoms with Crippen LogP contribution in [0.4, 0.5) is 0 Å². The maximum atomic E-state index is 11.1. The van der Waals surface area contributed by atoms with Gasteiger partial charge in [0.1, 0.15) is 0 Å². The van der Waals surface area contributed by atoms with Crippen LogP contribution in [0.5, 0.6) is 0 Å². The van der Waals surface area contributed by atoms with Crippen LogP contribution < -0.4 is 29.6 Å². The first kappa shape index (κ1) is 15.1. The average molecular weight is 253 g/mol. The van der Waals surface area contributed by atoms with Crippen LogP contribution in [0.2, 0.25) is 0 Å². The second-order valence-corrected chi connectivity index (χ2v) is 5.88. The molecule has 0 bridgehead atoms. The Morgan fingerprint density at radius 2 is 1.93 bits per heavy atom. The minimum absolute atomic E-state index is 0. The molecule has 0 radical (unpaired) electrons. The Kier molecular flexibility index (Phi) is 7.38. The number of hydrogen-bond donors (Lipinski definition) is 0. The van der Waals surface area contributed by atoms with Crippen LogP contribution in [0, 0.1) is 0 Å². The van der Waals surface area contributed by atoms with Crippen molar-refractivity contribution in [2.24, 2.45) is 0 Å². The maximum Gasteiger partial charge on any atom is 1.00 e. The molecule has 0 saturated carbocycles. The molecular formula is C9H10NaO3S2+. The molecule has 0 atom stereocenters. The largest absolute Gasteiger partial charge is 1.00 e. The molecule has 1 aromatic carbocycles. The van der Waals surface area contributed by atoms with Crippen molar-refractivity contribution in [3.8, 4) is 0 Å². The minimum Gasteiger partial charge on any atom is -0.383 e. The molecular weight excluding hydrogens is 243 g/mol. The molecule has 0 spiro atoms. The Bertz CT molecular complexity index is 389. The van der Waals surface area contributed by atoms with Gasteiger partial charge in [0.05, 0.1) is 6.26 Å². The van der Waals surface area contributed by atoms with E-state index in [-0.39, 0.29) is 29.6 Å². The SMILES string of the molecule is C=COS(=O)(=O)SCc1ccccc1.[Na+]. The summed E-state index contributed by atoms with van der Waals surface area (Å²) in [6.45, 7) is 3.19. The molecule has 1 rings (SSSR count). The minimum atomic E-state index is -3.53. The summed E-state index contributed by atoms with van der Waals surface area (Å²) in [5.74, 6) is 0.372. The second kappa shape index (κ2) is 7.35. The molecule has 0 aliphatic heterocycles. The predicted octanol–water partition coefficient (Wildman–Crippen LogP) is -0.671. The smallest absolute Gasteiger partial charge is 0.383 e. The van der Waals surface area contributed by atoms with Gasteiger partial charge in [-0.2, -0.15) is 8.42 Å². The van der Waals surface area contributed by atoms with Gasteiger partial charge in [-0.1, -0.05) is 36.9 Å². The monoisotopic (exact) mass is 253 g/mol. The Morgan fingerprint density at radius 1 is 1.33 bits per heavy atom. The fourth-order valence-electron chi connectivity index (χ4n) is 0.826. The Hall–Kier alpha value is 0.0600. The summed E-state index contributed by atoms with van der Waals surface area (Å²) >= 11 is 0. The van der Waals surface area contributed by atoms with E-state index >= 15 is 0 Å². The first-order valence-corrected chi connectivity index (χ1v) is 6.77. The average Bonchev–Trinajstić information content (AvgIpc) is 2.17. The van der Waals surface area contributed by atoms with Gasteiger partial charge in [-0.05, 0) is 5.56 Å². The van der Waals surface area contributed by atoms with E-state index in [4.69, 9.17) is 0 Å². The van der Waals surface area contributed by atoms with Crippen LogP contribution in [0.25, 0.3) is 0 Å². The van der Waals surface area contributed by atoms with Gasteiger partial charge in [0.2, 0.25) is 0 Å². The van der Waals surface area contributed by atoms with E-state index in [2.05, 4.69) is 10.8 Å². The van der Waals surface area contributed by atoms with E-state index in [0.29, 0.717) is 5.75 Å². The topological polar surface area (TPSA) is 43.4 Å². The van der Waals surface area contributed by atoms with E-state index in [1.165, 1.54) is 0 Å². The summed E-state index contributed by atoms with van der Waals surface area (Å²) in [6.07, 6.45) is 0.910. The summed E-state index contributed by atoms with van der Waals surface area (Å²) in [7, 11) is -2.80. The first-order valence-electron chi connectivity index (χ1n) is 3.86. The Morgan fingerprint density at radius 3 is 2.47 bits per heavy atom. The van der Waals surface area contributed by atoms with Gasteiger partial charge in [0.25, 0.3) is 0 Å². The van der Waals surface area contributed by atoms with Crippen LogP contribution >= 0.6 is 10.8 Å². The summed E-state index contributed by atoms with van der Waals surface area (Å²) in [4.78, 5) is 0. The molecule has 15 heavy (non-hydrogen) atoms. The Balaban J connectivity index is 0.00000196. The third-order valence-electron chi connectivity index (χ3n) is 1.40. The molecule has 0 fully saturated rings. The van der Waals surface area contributed by atoms with Crippen molar-refractivity contribution in [2.75, 3.05) is 0 Å². The van der Waals surface area contributed by atoms with E-state index in [1.54, 1.807) is 0 Å². The van der Waals surface area contributed by atoms with Crippen molar-refractivity contribution in [1.29, 1.82) is 0 Å². The van der Waals surface area contributed by atoms with Crippen LogP contribution in [0.3, 0.4) is 0 Å². The van der Waals surface area contributed by atoms with Gasteiger partial charge in [0.15, 0.2) is 0 Å². The van der Waals surface area contributed by atoms with Crippen molar-refractivity contribution in [3.05, 3.63) is 48.7 Å². The molecule has 0 aromatic heterocycles. The third kappa shape index (κ3) is 6.27. The van der Waals surface area contributed by atoms with Gasteiger partial charge < -0.3 is 4.18 Å². The molecule has 3 nitrogen and oxygen atoms in total. The van der Waals surface area contributed by atoms with E-state index in [0.717, 1.165) is 22.6 Å². The van der Waals surface area contributed by atoms with Gasteiger partial charge in [0, 0.05) is 16.5 Å². The molecule has 0 aliphatic carbocycles. The van der Waals surface area contributed by atoms with Crippen LogP contribution in [0.1, 0.15) is 5.56 Å². The summed E-state index contributed by atoms with van der Waals surface area (Å²) in [6, 6.07) is 9.31. The molecule has 0 N–H and O–H groups in total. The van der Waals surface area contributed by atoms with Crippen molar-refractivity contribution in [1.82, 2.24) is 0 Å².